The lowest BCUT2D eigenvalue weighted by Crippen LogP contribution is -2.48. The number of hydrogen-bond acceptors (Lipinski definition) is 7. The molecule has 0 saturated carbocycles. The lowest BCUT2D eigenvalue weighted by molar-refractivity contribution is -0.138. The van der Waals surface area contributed by atoms with Crippen molar-refractivity contribution in [1.29, 1.82) is 0 Å². The average Bonchev–Trinajstić information content (AvgIpc) is 2.87. The van der Waals surface area contributed by atoms with Crippen LogP contribution in [-0.2, 0) is 25.2 Å². The Morgan fingerprint density at radius 3 is 2.00 bits per heavy atom. The molecule has 35 heavy (non-hydrogen) atoms. The molecule has 0 aliphatic carbocycles. The zero-order valence-corrected chi connectivity index (χ0v) is 19.1. The molecule has 1 saturated heterocycles. The van der Waals surface area contributed by atoms with Crippen LogP contribution in [0.25, 0.3) is 0 Å². The number of methoxy groups -OCH3 is 2. The highest BCUT2D eigenvalue weighted by molar-refractivity contribution is 5.99. The van der Waals surface area contributed by atoms with Gasteiger partial charge >= 0.3 is 18.1 Å². The van der Waals surface area contributed by atoms with Crippen LogP contribution in [0.1, 0.15) is 15.9 Å². The molecule has 1 amide bonds. The predicted molar refractivity (Wildman–Crippen MR) is 122 cm³/mol. The fourth-order valence-corrected chi connectivity index (χ4v) is 3.50. The van der Waals surface area contributed by atoms with Gasteiger partial charge in [-0.1, -0.05) is 0 Å². The Kier molecular flexibility index (Phi) is 8.00. The third-order valence-corrected chi connectivity index (χ3v) is 5.41. The van der Waals surface area contributed by atoms with E-state index in [4.69, 9.17) is 0 Å². The Hall–Kier alpha value is -4.02. The van der Waals surface area contributed by atoms with E-state index in [2.05, 4.69) is 14.8 Å². The maximum atomic E-state index is 12.9. The summed E-state index contributed by atoms with van der Waals surface area (Å²) in [5, 5.41) is 2.76. The number of hydrogen-bond donors (Lipinski definition) is 1. The molecule has 1 aliphatic heterocycles. The maximum absolute atomic E-state index is 12.9. The monoisotopic (exact) mass is 491 g/mol. The second-order valence-corrected chi connectivity index (χ2v) is 7.60. The summed E-state index contributed by atoms with van der Waals surface area (Å²) in [5.41, 5.74) is 0.719. The number of piperazine rings is 1. The maximum Gasteiger partial charge on any atom is 0.416 e. The van der Waals surface area contributed by atoms with Gasteiger partial charge in [0, 0.05) is 43.1 Å². The molecular formula is C24H24F3N3O5. The van der Waals surface area contributed by atoms with Crippen LogP contribution < -0.4 is 10.2 Å². The lowest BCUT2D eigenvalue weighted by atomic mass is 10.1. The SMILES string of the molecule is COC(=O)/C=C(/Nc1ccc(C(=O)N2CCN(c3ccc(C(F)(F)F)cc3)CC2)cc1)C(=O)OC. The highest BCUT2D eigenvalue weighted by atomic mass is 19.4. The summed E-state index contributed by atoms with van der Waals surface area (Å²) in [4.78, 5) is 39.8. The van der Waals surface area contributed by atoms with Gasteiger partial charge in [0.05, 0.1) is 25.9 Å². The minimum atomic E-state index is -4.38. The van der Waals surface area contributed by atoms with Crippen LogP contribution in [0.15, 0.2) is 60.3 Å². The molecule has 1 N–H and O–H groups in total. The van der Waals surface area contributed by atoms with Crippen molar-refractivity contribution in [2.24, 2.45) is 0 Å². The van der Waals surface area contributed by atoms with Gasteiger partial charge in [-0.25, -0.2) is 9.59 Å². The Bertz CT molecular complexity index is 1090. The number of halogens is 3. The number of anilines is 2. The van der Waals surface area contributed by atoms with E-state index in [-0.39, 0.29) is 11.6 Å². The van der Waals surface area contributed by atoms with Gasteiger partial charge in [0.25, 0.3) is 5.91 Å². The van der Waals surface area contributed by atoms with Crippen molar-refractivity contribution in [3.05, 3.63) is 71.4 Å². The number of alkyl halides is 3. The van der Waals surface area contributed by atoms with Crippen molar-refractivity contribution in [2.45, 2.75) is 6.18 Å². The van der Waals surface area contributed by atoms with E-state index in [1.807, 2.05) is 4.90 Å². The molecule has 8 nitrogen and oxygen atoms in total. The minimum absolute atomic E-state index is 0.127. The zero-order chi connectivity index (χ0) is 25.6. The van der Waals surface area contributed by atoms with Crippen molar-refractivity contribution >= 4 is 29.2 Å². The number of carbonyl (C=O) groups is 3. The van der Waals surface area contributed by atoms with Crippen molar-refractivity contribution in [1.82, 2.24) is 4.90 Å². The van der Waals surface area contributed by atoms with E-state index >= 15 is 0 Å². The number of amides is 1. The number of esters is 2. The van der Waals surface area contributed by atoms with Gasteiger partial charge < -0.3 is 24.6 Å². The minimum Gasteiger partial charge on any atom is -0.466 e. The van der Waals surface area contributed by atoms with Crippen LogP contribution in [0.3, 0.4) is 0 Å². The molecule has 0 aromatic heterocycles. The van der Waals surface area contributed by atoms with Gasteiger partial charge in [0.2, 0.25) is 0 Å². The molecule has 1 fully saturated rings. The van der Waals surface area contributed by atoms with Crippen molar-refractivity contribution < 1.29 is 37.0 Å². The molecule has 3 rings (SSSR count). The molecule has 0 unspecified atom stereocenters. The van der Waals surface area contributed by atoms with E-state index in [0.717, 1.165) is 18.2 Å². The molecule has 2 aromatic rings. The summed E-state index contributed by atoms with van der Waals surface area (Å²) in [6.45, 7) is 1.79. The Morgan fingerprint density at radius 2 is 1.49 bits per heavy atom. The van der Waals surface area contributed by atoms with Crippen LogP contribution in [0.2, 0.25) is 0 Å². The first kappa shape index (κ1) is 25.6. The van der Waals surface area contributed by atoms with Crippen LogP contribution in [0.5, 0.6) is 0 Å². The first-order chi connectivity index (χ1) is 16.6. The smallest absolute Gasteiger partial charge is 0.416 e. The highest BCUT2D eigenvalue weighted by Crippen LogP contribution is 2.30. The summed E-state index contributed by atoms with van der Waals surface area (Å²) in [6.07, 6.45) is -3.42. The first-order valence-corrected chi connectivity index (χ1v) is 10.6. The summed E-state index contributed by atoms with van der Waals surface area (Å²) in [5.74, 6) is -1.69. The van der Waals surface area contributed by atoms with Crippen molar-refractivity contribution in [3.8, 4) is 0 Å². The van der Waals surface area contributed by atoms with Gasteiger partial charge in [0.1, 0.15) is 5.70 Å². The van der Waals surface area contributed by atoms with E-state index in [9.17, 15) is 27.6 Å². The van der Waals surface area contributed by atoms with Crippen LogP contribution in [-0.4, -0.2) is 63.1 Å². The summed E-state index contributed by atoms with van der Waals surface area (Å²) < 4.78 is 47.5. The quantitative estimate of drug-likeness (QED) is 0.490. The fourth-order valence-electron chi connectivity index (χ4n) is 3.50. The van der Waals surface area contributed by atoms with Gasteiger partial charge in [-0.3, -0.25) is 4.79 Å². The Morgan fingerprint density at radius 1 is 0.886 bits per heavy atom. The van der Waals surface area contributed by atoms with E-state index in [1.165, 1.54) is 26.4 Å². The van der Waals surface area contributed by atoms with Crippen LogP contribution >= 0.6 is 0 Å². The average molecular weight is 491 g/mol. The number of ether oxygens (including phenoxy) is 2. The van der Waals surface area contributed by atoms with Crippen LogP contribution in [0, 0.1) is 0 Å². The standard InChI is InChI=1S/C24H24F3N3O5/c1-34-21(31)15-20(23(33)35-2)28-18-7-3-16(4-8-18)22(32)30-13-11-29(12-14-30)19-9-5-17(6-10-19)24(25,26)27/h3-10,15,28H,11-14H2,1-2H3/b20-15+. The third kappa shape index (κ3) is 6.52. The molecule has 1 heterocycles. The largest absolute Gasteiger partial charge is 0.466 e. The topological polar surface area (TPSA) is 88.2 Å². The molecular weight excluding hydrogens is 467 g/mol. The Balaban J connectivity index is 1.60. The molecule has 186 valence electrons. The van der Waals surface area contributed by atoms with Crippen molar-refractivity contribution in [2.75, 3.05) is 50.6 Å². The summed E-state index contributed by atoms with van der Waals surface area (Å²) >= 11 is 0. The molecule has 2 aromatic carbocycles. The zero-order valence-electron chi connectivity index (χ0n) is 19.1. The number of rotatable bonds is 6. The summed E-state index contributed by atoms with van der Waals surface area (Å²) in [7, 11) is 2.35. The predicted octanol–water partition coefficient (Wildman–Crippen LogP) is 3.31. The highest BCUT2D eigenvalue weighted by Gasteiger charge is 2.30. The van der Waals surface area contributed by atoms with E-state index in [1.54, 1.807) is 29.2 Å². The normalized spacial score (nSPS) is 14.4. The number of nitrogens with zero attached hydrogens (tertiary/aromatic N) is 2. The molecule has 0 radical (unpaired) electrons. The number of benzene rings is 2. The van der Waals surface area contributed by atoms with Crippen molar-refractivity contribution in [3.63, 3.8) is 0 Å². The Labute approximate surface area is 199 Å². The lowest BCUT2D eigenvalue weighted by Gasteiger charge is -2.36. The number of nitrogens with one attached hydrogen (secondary N) is 1. The van der Waals surface area contributed by atoms with E-state index < -0.39 is 23.7 Å². The molecule has 0 spiro atoms. The van der Waals surface area contributed by atoms with Gasteiger partial charge in [-0.05, 0) is 48.5 Å². The molecule has 0 bridgehead atoms. The van der Waals surface area contributed by atoms with Gasteiger partial charge in [-0.2, -0.15) is 13.2 Å². The third-order valence-electron chi connectivity index (χ3n) is 5.41. The van der Waals surface area contributed by atoms with E-state index in [0.29, 0.717) is 43.1 Å². The first-order valence-electron chi connectivity index (χ1n) is 10.6. The van der Waals surface area contributed by atoms with Crippen LogP contribution in [0.4, 0.5) is 24.5 Å². The molecule has 1 aliphatic rings. The fraction of sp³-hybridized carbons (Fsp3) is 0.292. The number of carbonyl (C=O) groups excluding carboxylic acids is 3. The molecule has 11 heteroatoms. The van der Waals surface area contributed by atoms with Gasteiger partial charge in [-0.15, -0.1) is 0 Å². The summed E-state index contributed by atoms with van der Waals surface area (Å²) in [6, 6.07) is 11.3. The second-order valence-electron chi connectivity index (χ2n) is 7.60. The second kappa shape index (κ2) is 10.9. The molecule has 0 atom stereocenters. The van der Waals surface area contributed by atoms with Gasteiger partial charge in [0.15, 0.2) is 0 Å².